The van der Waals surface area contributed by atoms with E-state index in [9.17, 15) is 18.0 Å². The smallest absolute Gasteiger partial charge is 0.323 e. The van der Waals surface area contributed by atoms with Gasteiger partial charge in [0.05, 0.1) is 17.0 Å². The molecule has 0 aromatic carbocycles. The van der Waals surface area contributed by atoms with Crippen LogP contribution in [0.3, 0.4) is 0 Å². The van der Waals surface area contributed by atoms with Gasteiger partial charge in [-0.3, -0.25) is 9.59 Å². The van der Waals surface area contributed by atoms with Gasteiger partial charge >= 0.3 is 5.97 Å². The maximum absolute atomic E-state index is 12.3. The highest BCUT2D eigenvalue weighted by molar-refractivity contribution is 7.91. The number of hydrogen-bond acceptors (Lipinski definition) is 5. The van der Waals surface area contributed by atoms with E-state index in [1.165, 1.54) is 0 Å². The minimum atomic E-state index is -3.17. The normalized spacial score (nSPS) is 22.2. The Balaban J connectivity index is 2.96. The van der Waals surface area contributed by atoms with Crippen LogP contribution in [0.1, 0.15) is 20.3 Å². The fourth-order valence-electron chi connectivity index (χ4n) is 2.00. The molecule has 1 aliphatic rings. The van der Waals surface area contributed by atoms with Crippen molar-refractivity contribution in [2.45, 2.75) is 31.8 Å². The molecule has 1 heterocycles. The molecule has 1 aliphatic heterocycles. The largest absolute Gasteiger partial charge is 0.480 e. The number of nitrogens with zero attached hydrogens (tertiary/aromatic N) is 1. The summed E-state index contributed by atoms with van der Waals surface area (Å²) in [4.78, 5) is 24.4. The van der Waals surface area contributed by atoms with Crippen molar-refractivity contribution in [1.82, 2.24) is 10.2 Å². The van der Waals surface area contributed by atoms with Crippen molar-refractivity contribution in [2.24, 2.45) is 0 Å². The molecule has 8 heteroatoms. The lowest BCUT2D eigenvalue weighted by atomic mass is 10.0. The summed E-state index contributed by atoms with van der Waals surface area (Å²) < 4.78 is 22.9. The second-order valence-electron chi connectivity index (χ2n) is 5.26. The van der Waals surface area contributed by atoms with E-state index in [1.807, 2.05) is 0 Å². The number of carboxylic acids is 1. The molecule has 2 N–H and O–H groups in total. The Bertz CT molecular complexity index is 471. The Morgan fingerprint density at radius 3 is 2.37 bits per heavy atom. The van der Waals surface area contributed by atoms with Gasteiger partial charge in [0.15, 0.2) is 9.84 Å². The highest BCUT2D eigenvalue weighted by Crippen LogP contribution is 2.20. The summed E-state index contributed by atoms with van der Waals surface area (Å²) in [6, 6.07) is -0.554. The molecule has 1 unspecified atom stereocenters. The van der Waals surface area contributed by atoms with Crippen molar-refractivity contribution in [3.63, 3.8) is 0 Å². The second-order valence-corrected chi connectivity index (χ2v) is 7.49. The average Bonchev–Trinajstić information content (AvgIpc) is 2.65. The number of carboxylic acid groups (broad SMARTS) is 1. The van der Waals surface area contributed by atoms with E-state index in [-0.39, 0.29) is 11.5 Å². The Hall–Kier alpha value is -1.15. The molecule has 110 valence electrons. The first kappa shape index (κ1) is 15.9. The van der Waals surface area contributed by atoms with Crippen molar-refractivity contribution in [1.29, 1.82) is 0 Å². The predicted octanol–water partition coefficient (Wildman–Crippen LogP) is -0.915. The van der Waals surface area contributed by atoms with Crippen LogP contribution in [0.4, 0.5) is 0 Å². The lowest BCUT2D eigenvalue weighted by Gasteiger charge is -2.34. The fourth-order valence-corrected chi connectivity index (χ4v) is 3.73. The van der Waals surface area contributed by atoms with Gasteiger partial charge in [-0.15, -0.1) is 0 Å². The van der Waals surface area contributed by atoms with Crippen molar-refractivity contribution in [2.75, 3.05) is 25.1 Å². The quantitative estimate of drug-likeness (QED) is 0.679. The maximum Gasteiger partial charge on any atom is 0.323 e. The lowest BCUT2D eigenvalue weighted by molar-refractivity contribution is -0.148. The standard InChI is InChI=1S/C11H20N2O5S/c1-11(2,12-3)10(16)13(6-9(14)15)8-4-5-19(17,18)7-8/h8,12H,4-7H2,1-3H3,(H,14,15). The van der Waals surface area contributed by atoms with E-state index in [0.717, 1.165) is 4.90 Å². The molecule has 0 bridgehead atoms. The molecule has 0 aliphatic carbocycles. The van der Waals surface area contributed by atoms with E-state index >= 15 is 0 Å². The molecule has 7 nitrogen and oxygen atoms in total. The van der Waals surface area contributed by atoms with E-state index < -0.39 is 39.8 Å². The Kier molecular flexibility index (Phi) is 4.57. The maximum atomic E-state index is 12.3. The number of aliphatic carboxylic acids is 1. The van der Waals surface area contributed by atoms with E-state index in [4.69, 9.17) is 5.11 Å². The summed E-state index contributed by atoms with van der Waals surface area (Å²) in [5.41, 5.74) is -0.929. The third-order valence-electron chi connectivity index (χ3n) is 3.38. The van der Waals surface area contributed by atoms with Gasteiger partial charge in [0, 0.05) is 6.04 Å². The number of nitrogens with one attached hydrogen (secondary N) is 1. The number of likely N-dealkylation sites (N-methyl/N-ethyl adjacent to an activating group) is 1. The van der Waals surface area contributed by atoms with E-state index in [1.54, 1.807) is 20.9 Å². The van der Waals surface area contributed by atoms with Crippen LogP contribution in [0, 0.1) is 0 Å². The summed E-state index contributed by atoms with van der Waals surface area (Å²) >= 11 is 0. The molecule has 1 fully saturated rings. The number of amides is 1. The molecule has 0 saturated carbocycles. The summed E-state index contributed by atoms with van der Waals surface area (Å²) in [6.07, 6.45) is 0.293. The van der Waals surface area contributed by atoms with Crippen molar-refractivity contribution in [3.05, 3.63) is 0 Å². The predicted molar refractivity (Wildman–Crippen MR) is 69.5 cm³/mol. The minimum Gasteiger partial charge on any atom is -0.480 e. The highest BCUT2D eigenvalue weighted by atomic mass is 32.2. The molecular weight excluding hydrogens is 272 g/mol. The number of sulfone groups is 1. The number of carbonyl (C=O) groups excluding carboxylic acids is 1. The van der Waals surface area contributed by atoms with Crippen LogP contribution in [-0.4, -0.2) is 67.0 Å². The van der Waals surface area contributed by atoms with E-state index in [2.05, 4.69) is 5.32 Å². The second kappa shape index (κ2) is 5.46. The third-order valence-corrected chi connectivity index (χ3v) is 5.13. The molecular formula is C11H20N2O5S. The monoisotopic (exact) mass is 292 g/mol. The topological polar surface area (TPSA) is 104 Å². The number of carbonyl (C=O) groups is 2. The van der Waals surface area contributed by atoms with Gasteiger partial charge in [-0.05, 0) is 27.3 Å². The van der Waals surface area contributed by atoms with Gasteiger partial charge in [-0.2, -0.15) is 0 Å². The zero-order valence-corrected chi connectivity index (χ0v) is 12.2. The zero-order valence-electron chi connectivity index (χ0n) is 11.3. The van der Waals surface area contributed by atoms with Crippen molar-refractivity contribution < 1.29 is 23.1 Å². The van der Waals surface area contributed by atoms with Crippen LogP contribution < -0.4 is 5.32 Å². The SMILES string of the molecule is CNC(C)(C)C(=O)N(CC(=O)O)C1CCS(=O)(=O)C1. The van der Waals surface area contributed by atoms with Crippen LogP contribution in [0.2, 0.25) is 0 Å². The van der Waals surface area contributed by atoms with Crippen LogP contribution in [0.5, 0.6) is 0 Å². The summed E-state index contributed by atoms with van der Waals surface area (Å²) in [6.45, 7) is 2.78. The van der Waals surface area contributed by atoms with Crippen LogP contribution >= 0.6 is 0 Å². The summed E-state index contributed by atoms with van der Waals surface area (Å²) in [5, 5.41) is 11.7. The molecule has 1 atom stereocenters. The highest BCUT2D eigenvalue weighted by Gasteiger charge is 2.40. The van der Waals surface area contributed by atoms with Gasteiger partial charge in [0.2, 0.25) is 5.91 Å². The first-order chi connectivity index (χ1) is 8.59. The molecule has 0 radical (unpaired) electrons. The first-order valence-electron chi connectivity index (χ1n) is 6.01. The molecule has 1 rings (SSSR count). The van der Waals surface area contributed by atoms with E-state index in [0.29, 0.717) is 6.42 Å². The van der Waals surface area contributed by atoms with Gasteiger partial charge in [-0.1, -0.05) is 0 Å². The molecule has 1 saturated heterocycles. The molecule has 0 aromatic rings. The Labute approximate surface area is 112 Å². The fraction of sp³-hybridized carbons (Fsp3) is 0.818. The Morgan fingerprint density at radius 1 is 1.42 bits per heavy atom. The van der Waals surface area contributed by atoms with Crippen LogP contribution in [0.15, 0.2) is 0 Å². The Morgan fingerprint density at radius 2 is 2.00 bits per heavy atom. The third kappa shape index (κ3) is 3.90. The molecule has 0 spiro atoms. The van der Waals surface area contributed by atoms with Gasteiger partial charge in [-0.25, -0.2) is 8.42 Å². The minimum absolute atomic E-state index is 0.00104. The lowest BCUT2D eigenvalue weighted by Crippen LogP contribution is -2.57. The van der Waals surface area contributed by atoms with Gasteiger partial charge in [0.25, 0.3) is 0 Å². The van der Waals surface area contributed by atoms with Gasteiger partial charge < -0.3 is 15.3 Å². The molecule has 1 amide bonds. The average molecular weight is 292 g/mol. The van der Waals surface area contributed by atoms with Gasteiger partial charge in [0.1, 0.15) is 6.54 Å². The van der Waals surface area contributed by atoms with Crippen LogP contribution in [0.25, 0.3) is 0 Å². The van der Waals surface area contributed by atoms with Crippen molar-refractivity contribution >= 4 is 21.7 Å². The van der Waals surface area contributed by atoms with Crippen molar-refractivity contribution in [3.8, 4) is 0 Å². The molecule has 19 heavy (non-hydrogen) atoms. The number of rotatable bonds is 5. The van der Waals surface area contributed by atoms with Crippen LogP contribution in [-0.2, 0) is 19.4 Å². The zero-order chi connectivity index (χ0) is 14.8. The summed E-state index contributed by atoms with van der Waals surface area (Å²) in [7, 11) is -1.57. The number of hydrogen-bond donors (Lipinski definition) is 2. The summed E-state index contributed by atoms with van der Waals surface area (Å²) in [5.74, 6) is -1.71. The molecule has 0 aromatic heterocycles. The first-order valence-corrected chi connectivity index (χ1v) is 7.83.